The van der Waals surface area contributed by atoms with E-state index in [-0.39, 0.29) is 17.9 Å². The number of benzene rings is 1. The highest BCUT2D eigenvalue weighted by molar-refractivity contribution is 9.10. The minimum Gasteiger partial charge on any atom is -0.493 e. The van der Waals surface area contributed by atoms with Crippen molar-refractivity contribution in [2.24, 2.45) is 0 Å². The summed E-state index contributed by atoms with van der Waals surface area (Å²) < 4.78 is 34.1. The fourth-order valence-electron chi connectivity index (χ4n) is 2.12. The Morgan fingerprint density at radius 3 is 2.48 bits per heavy atom. The first kappa shape index (κ1) is 23.0. The Morgan fingerprint density at radius 1 is 1.30 bits per heavy atom. The third-order valence-electron chi connectivity index (χ3n) is 3.65. The molecule has 27 heavy (non-hydrogen) atoms. The molecule has 8 nitrogen and oxygen atoms in total. The summed E-state index contributed by atoms with van der Waals surface area (Å²) in [4.78, 5) is 23.3. The van der Waals surface area contributed by atoms with Crippen LogP contribution in [0.2, 0.25) is 0 Å². The Morgan fingerprint density at radius 2 is 1.96 bits per heavy atom. The van der Waals surface area contributed by atoms with Gasteiger partial charge in [0.15, 0.2) is 11.5 Å². The van der Waals surface area contributed by atoms with E-state index in [0.29, 0.717) is 21.5 Å². The molecule has 0 radical (unpaired) electrons. The number of nitrogens with one attached hydrogen (secondary N) is 1. The first-order valence-corrected chi connectivity index (χ1v) is 10.6. The molecule has 0 aliphatic rings. The van der Waals surface area contributed by atoms with E-state index in [2.05, 4.69) is 21.2 Å². The van der Waals surface area contributed by atoms with Crippen LogP contribution in [0.4, 0.5) is 0 Å². The number of amides is 1. The molecule has 0 aliphatic carbocycles. The number of sulfone groups is 1. The zero-order valence-corrected chi connectivity index (χ0v) is 17.6. The van der Waals surface area contributed by atoms with Crippen LogP contribution in [-0.4, -0.2) is 57.2 Å². The van der Waals surface area contributed by atoms with Gasteiger partial charge in [0.05, 0.1) is 24.4 Å². The molecule has 0 spiro atoms. The molecule has 0 heterocycles. The molecular weight excluding hydrogens is 442 g/mol. The molecule has 0 aromatic heterocycles. The predicted molar refractivity (Wildman–Crippen MR) is 105 cm³/mol. The zero-order valence-electron chi connectivity index (χ0n) is 15.2. The maximum atomic E-state index is 12.0. The molecular formula is C17H22BrNO7S. The van der Waals surface area contributed by atoms with Crippen LogP contribution in [0.25, 0.3) is 6.08 Å². The number of halogens is 1. The standard InChI is InChI=1S/C17H22BrNO7S/c1-4-27(23,24)8-7-13(17(21)22)19-15(20)6-5-11-9-12(18)16(26-3)14(10-11)25-2/h5-6,9-10,13H,4,7-8H2,1-3H3,(H,19,20)(H,21,22)/b6-5+. The van der Waals surface area contributed by atoms with E-state index in [9.17, 15) is 18.0 Å². The molecule has 0 saturated heterocycles. The molecule has 0 aliphatic heterocycles. The van der Waals surface area contributed by atoms with E-state index in [1.54, 1.807) is 12.1 Å². The molecule has 150 valence electrons. The van der Waals surface area contributed by atoms with Gasteiger partial charge < -0.3 is 19.9 Å². The topological polar surface area (TPSA) is 119 Å². The lowest BCUT2D eigenvalue weighted by Gasteiger charge is -2.13. The first-order valence-electron chi connectivity index (χ1n) is 7.96. The number of carboxylic acid groups (broad SMARTS) is 1. The lowest BCUT2D eigenvalue weighted by atomic mass is 10.1. The highest BCUT2D eigenvalue weighted by atomic mass is 79.9. The summed E-state index contributed by atoms with van der Waals surface area (Å²) in [5.41, 5.74) is 0.620. The van der Waals surface area contributed by atoms with Crippen LogP contribution in [0.5, 0.6) is 11.5 Å². The first-order chi connectivity index (χ1) is 12.6. The van der Waals surface area contributed by atoms with Crippen molar-refractivity contribution in [1.82, 2.24) is 5.32 Å². The van der Waals surface area contributed by atoms with Crippen LogP contribution in [0, 0.1) is 0 Å². The van der Waals surface area contributed by atoms with Crippen molar-refractivity contribution in [3.05, 3.63) is 28.2 Å². The zero-order chi connectivity index (χ0) is 20.6. The number of hydrogen-bond donors (Lipinski definition) is 2. The number of hydrogen-bond acceptors (Lipinski definition) is 6. The van der Waals surface area contributed by atoms with Gasteiger partial charge in [0.25, 0.3) is 0 Å². The lowest BCUT2D eigenvalue weighted by Crippen LogP contribution is -2.41. The maximum absolute atomic E-state index is 12.0. The van der Waals surface area contributed by atoms with Gasteiger partial charge in [-0.3, -0.25) is 4.79 Å². The van der Waals surface area contributed by atoms with Gasteiger partial charge in [-0.25, -0.2) is 13.2 Å². The fourth-order valence-corrected chi connectivity index (χ4v) is 3.63. The Balaban J connectivity index is 2.84. The van der Waals surface area contributed by atoms with Crippen LogP contribution in [0.15, 0.2) is 22.7 Å². The van der Waals surface area contributed by atoms with Gasteiger partial charge in [0.1, 0.15) is 15.9 Å². The second kappa shape index (κ2) is 10.3. The van der Waals surface area contributed by atoms with Crippen molar-refractivity contribution in [2.45, 2.75) is 19.4 Å². The van der Waals surface area contributed by atoms with Gasteiger partial charge >= 0.3 is 5.97 Å². The molecule has 1 atom stereocenters. The number of methoxy groups -OCH3 is 2. The van der Waals surface area contributed by atoms with Crippen LogP contribution in [0.3, 0.4) is 0 Å². The summed E-state index contributed by atoms with van der Waals surface area (Å²) in [6.45, 7) is 1.48. The van der Waals surface area contributed by atoms with E-state index in [1.807, 2.05) is 0 Å². The average Bonchev–Trinajstić information content (AvgIpc) is 2.62. The Labute approximate surface area is 166 Å². The minimum absolute atomic E-state index is 0.0820. The van der Waals surface area contributed by atoms with Crippen molar-refractivity contribution in [3.63, 3.8) is 0 Å². The van der Waals surface area contributed by atoms with Crippen LogP contribution in [-0.2, 0) is 19.4 Å². The summed E-state index contributed by atoms with van der Waals surface area (Å²) >= 11 is 3.34. The quantitative estimate of drug-likeness (QED) is 0.508. The molecule has 1 aromatic rings. The van der Waals surface area contributed by atoms with Crippen molar-refractivity contribution in [2.75, 3.05) is 25.7 Å². The van der Waals surface area contributed by atoms with Gasteiger partial charge in [-0.1, -0.05) is 6.92 Å². The van der Waals surface area contributed by atoms with Gasteiger partial charge in [-0.05, 0) is 46.1 Å². The number of carbonyl (C=O) groups excluding carboxylic acids is 1. The van der Waals surface area contributed by atoms with Crippen molar-refractivity contribution >= 4 is 43.7 Å². The summed E-state index contributed by atoms with van der Waals surface area (Å²) in [5, 5.41) is 11.5. The SMILES string of the molecule is CCS(=O)(=O)CCC(NC(=O)/C=C/c1cc(Br)c(OC)c(OC)c1)C(=O)O. The molecule has 0 saturated carbocycles. The highest BCUT2D eigenvalue weighted by Gasteiger charge is 2.21. The van der Waals surface area contributed by atoms with Gasteiger partial charge in [-0.15, -0.1) is 0 Å². The van der Waals surface area contributed by atoms with E-state index in [4.69, 9.17) is 14.6 Å². The largest absolute Gasteiger partial charge is 0.493 e. The van der Waals surface area contributed by atoms with Gasteiger partial charge in [-0.2, -0.15) is 0 Å². The maximum Gasteiger partial charge on any atom is 0.326 e. The Bertz CT molecular complexity index is 821. The molecule has 2 N–H and O–H groups in total. The predicted octanol–water partition coefficient (Wildman–Crippen LogP) is 1.87. The van der Waals surface area contributed by atoms with Gasteiger partial charge in [0, 0.05) is 11.8 Å². The summed E-state index contributed by atoms with van der Waals surface area (Å²) in [6, 6.07) is 2.06. The molecule has 0 bridgehead atoms. The van der Waals surface area contributed by atoms with Crippen molar-refractivity contribution in [1.29, 1.82) is 0 Å². The monoisotopic (exact) mass is 463 g/mol. The Hall–Kier alpha value is -2.07. The molecule has 0 fully saturated rings. The van der Waals surface area contributed by atoms with Crippen molar-refractivity contribution in [3.8, 4) is 11.5 Å². The summed E-state index contributed by atoms with van der Waals surface area (Å²) in [6.07, 6.45) is 2.44. The average molecular weight is 464 g/mol. The third-order valence-corrected chi connectivity index (χ3v) is 5.98. The van der Waals surface area contributed by atoms with E-state index in [0.717, 1.165) is 6.08 Å². The smallest absolute Gasteiger partial charge is 0.326 e. The van der Waals surface area contributed by atoms with E-state index in [1.165, 1.54) is 27.2 Å². The third kappa shape index (κ3) is 7.22. The van der Waals surface area contributed by atoms with Crippen LogP contribution < -0.4 is 14.8 Å². The number of carboxylic acids is 1. The number of rotatable bonds is 10. The molecule has 10 heteroatoms. The number of ether oxygens (including phenoxy) is 2. The second-order valence-electron chi connectivity index (χ2n) is 5.50. The van der Waals surface area contributed by atoms with Gasteiger partial charge in [0.2, 0.25) is 5.91 Å². The van der Waals surface area contributed by atoms with Crippen molar-refractivity contribution < 1.29 is 32.6 Å². The van der Waals surface area contributed by atoms with Crippen LogP contribution >= 0.6 is 15.9 Å². The second-order valence-corrected chi connectivity index (χ2v) is 8.82. The molecule has 1 aromatic carbocycles. The number of aliphatic carboxylic acids is 1. The number of carbonyl (C=O) groups is 2. The molecule has 1 unspecified atom stereocenters. The lowest BCUT2D eigenvalue weighted by molar-refractivity contribution is -0.141. The fraction of sp³-hybridized carbons (Fsp3) is 0.412. The van der Waals surface area contributed by atoms with E-state index < -0.39 is 27.8 Å². The summed E-state index contributed by atoms with van der Waals surface area (Å²) in [7, 11) is -0.347. The normalized spacial score (nSPS) is 12.6. The van der Waals surface area contributed by atoms with E-state index >= 15 is 0 Å². The molecule has 1 amide bonds. The van der Waals surface area contributed by atoms with Crippen LogP contribution in [0.1, 0.15) is 18.9 Å². The highest BCUT2D eigenvalue weighted by Crippen LogP contribution is 2.36. The Kier molecular flexibility index (Phi) is 8.77. The summed E-state index contributed by atoms with van der Waals surface area (Å²) in [5.74, 6) is -1.38. The molecule has 1 rings (SSSR count). The minimum atomic E-state index is -3.32.